The van der Waals surface area contributed by atoms with E-state index in [1.807, 2.05) is 0 Å². The van der Waals surface area contributed by atoms with Gasteiger partial charge in [0.15, 0.2) is 0 Å². The summed E-state index contributed by atoms with van der Waals surface area (Å²) in [6.45, 7) is 0. The number of anilines is 3. The van der Waals surface area contributed by atoms with Gasteiger partial charge in [-0.2, -0.15) is 0 Å². The first-order valence-electron chi connectivity index (χ1n) is 11.5. The molecule has 0 unspecified atom stereocenters. The van der Waals surface area contributed by atoms with Crippen molar-refractivity contribution in [3.05, 3.63) is 127 Å². The van der Waals surface area contributed by atoms with Crippen LogP contribution in [-0.4, -0.2) is 14.5 Å². The van der Waals surface area contributed by atoms with E-state index < -0.39 is 0 Å². The molecule has 0 aliphatic heterocycles. The normalized spacial score (nSPS) is 11.5. The Bertz CT molecular complexity index is 1760. The van der Waals surface area contributed by atoms with Crippen LogP contribution in [0.1, 0.15) is 0 Å². The van der Waals surface area contributed by atoms with E-state index in [9.17, 15) is 0 Å². The summed E-state index contributed by atoms with van der Waals surface area (Å²) < 4.78 is 3.00. The van der Waals surface area contributed by atoms with Crippen molar-refractivity contribution in [2.45, 2.75) is 0 Å². The first-order valence-corrected chi connectivity index (χ1v) is 13.3. The Hall–Kier alpha value is -3.84. The molecule has 7 rings (SSSR count). The zero-order chi connectivity index (χ0) is 22.5. The molecule has 0 spiro atoms. The number of rotatable bonds is 3. The van der Waals surface area contributed by atoms with E-state index in [-0.39, 0.29) is 0 Å². The second-order valence-electron chi connectivity index (χ2n) is 8.62. The predicted octanol–water partition coefficient (Wildman–Crippen LogP) is 8.83. The van der Waals surface area contributed by atoms with Crippen LogP contribution in [-0.2, 0) is 0 Å². The minimum atomic E-state index is 0.314. The fourth-order valence-corrected chi connectivity index (χ4v) is 7.72. The van der Waals surface area contributed by atoms with Gasteiger partial charge in [-0.15, -0.1) is 0 Å². The summed E-state index contributed by atoms with van der Waals surface area (Å²) in [5.41, 5.74) is 3.50. The summed E-state index contributed by atoms with van der Waals surface area (Å²) in [5.74, 6) is 0. The van der Waals surface area contributed by atoms with Crippen LogP contribution in [0.25, 0.3) is 40.8 Å². The molecule has 0 bridgehead atoms. The number of fused-ring (bicyclic) bond motifs is 7. The number of hydrogen-bond donors (Lipinski definition) is 0. The third-order valence-corrected chi connectivity index (χ3v) is 9.14. The van der Waals surface area contributed by atoms with E-state index in [0.717, 1.165) is 11.4 Å². The van der Waals surface area contributed by atoms with Gasteiger partial charge in [0.05, 0.1) is 0 Å². The Morgan fingerprint density at radius 2 is 1.06 bits per heavy atom. The molecule has 6 aromatic carbocycles. The van der Waals surface area contributed by atoms with Gasteiger partial charge in [0, 0.05) is 0 Å². The fraction of sp³-hybridized carbons (Fsp3) is 0. The van der Waals surface area contributed by atoms with E-state index in [4.69, 9.17) is 0 Å². The molecule has 0 saturated heterocycles. The first-order chi connectivity index (χ1) is 16.9. The molecule has 0 aliphatic carbocycles. The van der Waals surface area contributed by atoms with E-state index >= 15 is 0 Å². The molecule has 1 nitrogen and oxygen atoms in total. The summed E-state index contributed by atoms with van der Waals surface area (Å²) in [6, 6.07) is 46.2. The molecule has 0 atom stereocenters. The third kappa shape index (κ3) is 3.08. The Morgan fingerprint density at radius 1 is 0.441 bits per heavy atom. The van der Waals surface area contributed by atoms with Crippen molar-refractivity contribution in [1.29, 1.82) is 0 Å². The summed E-state index contributed by atoms with van der Waals surface area (Å²) in [5, 5.41) is 8.17. The van der Waals surface area contributed by atoms with Gasteiger partial charge in [-0.25, -0.2) is 0 Å². The van der Waals surface area contributed by atoms with Gasteiger partial charge in [0.2, 0.25) is 0 Å². The molecule has 0 aliphatic rings. The Morgan fingerprint density at radius 3 is 1.82 bits per heavy atom. The second kappa shape index (κ2) is 7.88. The number of para-hydroxylation sites is 2. The molecule has 7 aromatic rings. The van der Waals surface area contributed by atoms with Crippen LogP contribution in [0, 0.1) is 0 Å². The molecule has 0 radical (unpaired) electrons. The van der Waals surface area contributed by atoms with Crippen LogP contribution < -0.4 is 4.90 Å². The van der Waals surface area contributed by atoms with Crippen molar-refractivity contribution in [3.8, 4) is 0 Å². The molecular formula is C32H21NSe. The van der Waals surface area contributed by atoms with Crippen molar-refractivity contribution in [3.63, 3.8) is 0 Å². The third-order valence-electron chi connectivity index (χ3n) is 6.61. The van der Waals surface area contributed by atoms with Gasteiger partial charge in [-0.3, -0.25) is 0 Å². The summed E-state index contributed by atoms with van der Waals surface area (Å²) in [4.78, 5) is 2.35. The molecule has 0 saturated carbocycles. The van der Waals surface area contributed by atoms with Gasteiger partial charge < -0.3 is 0 Å². The average Bonchev–Trinajstić information content (AvgIpc) is 3.29. The van der Waals surface area contributed by atoms with Crippen LogP contribution in [0.15, 0.2) is 127 Å². The molecule has 0 fully saturated rings. The van der Waals surface area contributed by atoms with Crippen molar-refractivity contribution >= 4 is 72.4 Å². The van der Waals surface area contributed by atoms with E-state index in [0.29, 0.717) is 14.5 Å². The van der Waals surface area contributed by atoms with E-state index in [1.165, 1.54) is 46.5 Å². The maximum atomic E-state index is 2.39. The number of nitrogens with zero attached hydrogens (tertiary/aromatic N) is 1. The predicted molar refractivity (Wildman–Crippen MR) is 148 cm³/mol. The average molecular weight is 498 g/mol. The zero-order valence-electron chi connectivity index (χ0n) is 18.5. The molecule has 160 valence electrons. The topological polar surface area (TPSA) is 3.24 Å². The van der Waals surface area contributed by atoms with Crippen molar-refractivity contribution in [2.75, 3.05) is 4.90 Å². The van der Waals surface area contributed by atoms with Crippen LogP contribution in [0.2, 0.25) is 0 Å². The SMILES string of the molecule is c1ccc(N(c2ccccc2)c2ccc3ccc4ccc5c6ccccc6[se]c5c4c3c2)cc1. The molecule has 34 heavy (non-hydrogen) atoms. The Labute approximate surface area is 204 Å². The van der Waals surface area contributed by atoms with Crippen LogP contribution in [0.4, 0.5) is 17.1 Å². The van der Waals surface area contributed by atoms with Gasteiger partial charge >= 0.3 is 205 Å². The van der Waals surface area contributed by atoms with Gasteiger partial charge in [-0.05, 0) is 0 Å². The Balaban J connectivity index is 1.55. The van der Waals surface area contributed by atoms with Gasteiger partial charge in [-0.1, -0.05) is 0 Å². The standard InChI is InChI=1S/C32H21NSe/c1-3-9-24(10-4-1)33(25-11-5-2-6-12-25)26-19-17-22-15-16-23-18-20-28-27-13-7-8-14-30(27)34-32(28)31(23)29(22)21-26/h1-21H. The summed E-state index contributed by atoms with van der Waals surface area (Å²) in [6.07, 6.45) is 0. The Kier molecular flexibility index (Phi) is 4.55. The maximum absolute atomic E-state index is 2.39. The molecule has 1 heterocycles. The summed E-state index contributed by atoms with van der Waals surface area (Å²) >= 11 is 0.314. The molecular weight excluding hydrogens is 477 g/mol. The van der Waals surface area contributed by atoms with E-state index in [2.05, 4.69) is 132 Å². The van der Waals surface area contributed by atoms with Crippen molar-refractivity contribution < 1.29 is 0 Å². The first kappa shape index (κ1) is 19.6. The monoisotopic (exact) mass is 499 g/mol. The van der Waals surface area contributed by atoms with Crippen molar-refractivity contribution in [2.24, 2.45) is 0 Å². The van der Waals surface area contributed by atoms with Crippen LogP contribution in [0.5, 0.6) is 0 Å². The molecule has 1 aromatic heterocycles. The molecule has 0 N–H and O–H groups in total. The van der Waals surface area contributed by atoms with Gasteiger partial charge in [0.25, 0.3) is 0 Å². The second-order valence-corrected chi connectivity index (χ2v) is 10.8. The van der Waals surface area contributed by atoms with E-state index in [1.54, 1.807) is 0 Å². The number of hydrogen-bond acceptors (Lipinski definition) is 1. The minimum absolute atomic E-state index is 0.314. The van der Waals surface area contributed by atoms with Crippen molar-refractivity contribution in [1.82, 2.24) is 0 Å². The fourth-order valence-electron chi connectivity index (χ4n) is 5.05. The van der Waals surface area contributed by atoms with Crippen LogP contribution in [0.3, 0.4) is 0 Å². The zero-order valence-corrected chi connectivity index (χ0v) is 20.2. The molecule has 2 heteroatoms. The number of benzene rings is 6. The summed E-state index contributed by atoms with van der Waals surface area (Å²) in [7, 11) is 0. The molecule has 0 amide bonds. The van der Waals surface area contributed by atoms with Gasteiger partial charge in [0.1, 0.15) is 0 Å². The quantitative estimate of drug-likeness (QED) is 0.174. The van der Waals surface area contributed by atoms with Crippen LogP contribution >= 0.6 is 0 Å².